The van der Waals surface area contributed by atoms with Gasteiger partial charge in [-0.2, -0.15) is 5.26 Å². The molecule has 0 fully saturated rings. The number of halogens is 2. The summed E-state index contributed by atoms with van der Waals surface area (Å²) in [7, 11) is 0. The number of nitrogens with one attached hydrogen (secondary N) is 1. The normalized spacial score (nSPS) is 10.2. The van der Waals surface area contributed by atoms with E-state index < -0.39 is 17.2 Å². The zero-order valence-corrected chi connectivity index (χ0v) is 10.5. The Balaban J connectivity index is 2.81. The van der Waals surface area contributed by atoms with E-state index in [-0.39, 0.29) is 22.0 Å². The molecule has 2 rings (SSSR count). The first-order valence-electron chi connectivity index (χ1n) is 5.10. The van der Waals surface area contributed by atoms with Crippen molar-refractivity contribution >= 4 is 11.8 Å². The predicted molar refractivity (Wildman–Crippen MR) is 66.7 cm³/mol. The lowest BCUT2D eigenvalue weighted by Crippen LogP contribution is -2.15. The molecule has 96 valence electrons. The number of aromatic nitrogens is 2. The summed E-state index contributed by atoms with van der Waals surface area (Å²) in [6.45, 7) is 0. The standard InChI is InChI=1S/C12H7F2N3OS/c1-19-12-16-10(8(5-15)11(18)17-12)7-4-6(13)2-3-9(7)14/h2-4H,1H3,(H,16,17,18). The Morgan fingerprint density at radius 1 is 1.42 bits per heavy atom. The average molecular weight is 279 g/mol. The molecule has 0 saturated heterocycles. The Morgan fingerprint density at radius 3 is 2.79 bits per heavy atom. The van der Waals surface area contributed by atoms with Gasteiger partial charge in [0.1, 0.15) is 23.3 Å². The Labute approximate surface area is 111 Å². The van der Waals surface area contributed by atoms with Crippen LogP contribution >= 0.6 is 11.8 Å². The largest absolute Gasteiger partial charge is 0.300 e. The smallest absolute Gasteiger partial charge is 0.270 e. The van der Waals surface area contributed by atoms with E-state index in [1.54, 1.807) is 12.3 Å². The molecule has 0 unspecified atom stereocenters. The van der Waals surface area contributed by atoms with E-state index in [1.165, 1.54) is 0 Å². The summed E-state index contributed by atoms with van der Waals surface area (Å²) in [4.78, 5) is 18.0. The molecule has 0 aliphatic carbocycles. The maximum Gasteiger partial charge on any atom is 0.270 e. The molecule has 1 N–H and O–H groups in total. The van der Waals surface area contributed by atoms with Crippen LogP contribution < -0.4 is 5.56 Å². The van der Waals surface area contributed by atoms with Crippen molar-refractivity contribution in [2.45, 2.75) is 5.16 Å². The predicted octanol–water partition coefficient (Wildman–Crippen LogP) is 2.31. The summed E-state index contributed by atoms with van der Waals surface area (Å²) < 4.78 is 26.9. The molecule has 0 amide bonds. The van der Waals surface area contributed by atoms with E-state index in [9.17, 15) is 13.6 Å². The third-order valence-corrected chi connectivity index (χ3v) is 2.97. The van der Waals surface area contributed by atoms with E-state index in [1.807, 2.05) is 0 Å². The first-order chi connectivity index (χ1) is 9.06. The molecule has 19 heavy (non-hydrogen) atoms. The van der Waals surface area contributed by atoms with Gasteiger partial charge >= 0.3 is 0 Å². The number of rotatable bonds is 2. The lowest BCUT2D eigenvalue weighted by atomic mass is 10.1. The maximum atomic E-state index is 13.7. The van der Waals surface area contributed by atoms with E-state index >= 15 is 0 Å². The van der Waals surface area contributed by atoms with E-state index in [2.05, 4.69) is 9.97 Å². The zero-order chi connectivity index (χ0) is 14.0. The first kappa shape index (κ1) is 13.2. The zero-order valence-electron chi connectivity index (χ0n) is 9.70. The van der Waals surface area contributed by atoms with Gasteiger partial charge in [0, 0.05) is 5.56 Å². The molecule has 2 aromatic rings. The third kappa shape index (κ3) is 2.48. The number of thioether (sulfide) groups is 1. The van der Waals surface area contributed by atoms with Crippen molar-refractivity contribution in [2.24, 2.45) is 0 Å². The van der Waals surface area contributed by atoms with Crippen molar-refractivity contribution in [1.82, 2.24) is 9.97 Å². The fourth-order valence-corrected chi connectivity index (χ4v) is 1.90. The quantitative estimate of drug-likeness (QED) is 0.676. The van der Waals surface area contributed by atoms with Gasteiger partial charge in [0.15, 0.2) is 5.16 Å². The molecule has 4 nitrogen and oxygen atoms in total. The number of hydrogen-bond acceptors (Lipinski definition) is 4. The lowest BCUT2D eigenvalue weighted by molar-refractivity contribution is 0.602. The van der Waals surface area contributed by atoms with Gasteiger partial charge in [-0.05, 0) is 24.5 Å². The number of nitrogens with zero attached hydrogens (tertiary/aromatic N) is 2. The minimum atomic E-state index is -0.747. The topological polar surface area (TPSA) is 69.5 Å². The molecule has 0 aliphatic heterocycles. The molecule has 0 atom stereocenters. The summed E-state index contributed by atoms with van der Waals surface area (Å²) in [5, 5.41) is 9.18. The van der Waals surface area contributed by atoms with Gasteiger partial charge in [0.25, 0.3) is 5.56 Å². The molecule has 1 heterocycles. The Hall–Kier alpha value is -2.20. The number of H-pyrrole nitrogens is 1. The van der Waals surface area contributed by atoms with Gasteiger partial charge < -0.3 is 4.98 Å². The summed E-state index contributed by atoms with van der Waals surface area (Å²) in [6, 6.07) is 4.44. The lowest BCUT2D eigenvalue weighted by Gasteiger charge is -2.06. The van der Waals surface area contributed by atoms with Gasteiger partial charge in [-0.25, -0.2) is 13.8 Å². The Kier molecular flexibility index (Phi) is 3.62. The van der Waals surface area contributed by atoms with Crippen molar-refractivity contribution in [1.29, 1.82) is 5.26 Å². The van der Waals surface area contributed by atoms with Gasteiger partial charge in [0.05, 0.1) is 5.69 Å². The number of aromatic amines is 1. The van der Waals surface area contributed by atoms with Crippen LogP contribution in [0, 0.1) is 23.0 Å². The van der Waals surface area contributed by atoms with Crippen LogP contribution in [0.4, 0.5) is 8.78 Å². The van der Waals surface area contributed by atoms with Crippen molar-refractivity contribution in [3.05, 3.63) is 45.8 Å². The van der Waals surface area contributed by atoms with Crippen molar-refractivity contribution in [3.63, 3.8) is 0 Å². The Bertz CT molecular complexity index is 737. The van der Waals surface area contributed by atoms with Gasteiger partial charge in [-0.3, -0.25) is 4.79 Å². The Morgan fingerprint density at radius 2 is 2.16 bits per heavy atom. The van der Waals surface area contributed by atoms with Crippen LogP contribution in [0.3, 0.4) is 0 Å². The van der Waals surface area contributed by atoms with Crippen LogP contribution in [0.25, 0.3) is 11.3 Å². The summed E-state index contributed by atoms with van der Waals surface area (Å²) in [6.07, 6.45) is 1.66. The van der Waals surface area contributed by atoms with Crippen LogP contribution in [0.1, 0.15) is 5.56 Å². The summed E-state index contributed by atoms with van der Waals surface area (Å²) in [5.41, 5.74) is -1.40. The highest BCUT2D eigenvalue weighted by atomic mass is 32.2. The molecule has 1 aromatic heterocycles. The van der Waals surface area contributed by atoms with Crippen molar-refractivity contribution < 1.29 is 8.78 Å². The van der Waals surface area contributed by atoms with E-state index in [4.69, 9.17) is 5.26 Å². The number of nitriles is 1. The molecule has 0 spiro atoms. The molecule has 0 bridgehead atoms. The van der Waals surface area contributed by atoms with E-state index in [0.717, 1.165) is 30.0 Å². The SMILES string of the molecule is CSc1nc(-c2cc(F)ccc2F)c(C#N)c(=O)[nH]1. The molecule has 0 saturated carbocycles. The van der Waals surface area contributed by atoms with Crippen LogP contribution in [0.15, 0.2) is 28.2 Å². The third-order valence-electron chi connectivity index (χ3n) is 2.39. The van der Waals surface area contributed by atoms with Gasteiger partial charge in [-0.1, -0.05) is 11.8 Å². The van der Waals surface area contributed by atoms with Crippen LogP contribution in [-0.2, 0) is 0 Å². The van der Waals surface area contributed by atoms with E-state index in [0.29, 0.717) is 0 Å². The highest BCUT2D eigenvalue weighted by Gasteiger charge is 2.17. The van der Waals surface area contributed by atoms with Gasteiger partial charge in [0.2, 0.25) is 0 Å². The van der Waals surface area contributed by atoms with Crippen molar-refractivity contribution in [3.8, 4) is 17.3 Å². The molecular weight excluding hydrogens is 272 g/mol. The highest BCUT2D eigenvalue weighted by molar-refractivity contribution is 7.98. The first-order valence-corrected chi connectivity index (χ1v) is 6.33. The number of benzene rings is 1. The molecular formula is C12H7F2N3OS. The fourth-order valence-electron chi connectivity index (χ4n) is 1.53. The summed E-state index contributed by atoms with van der Waals surface area (Å²) >= 11 is 1.13. The molecule has 1 aromatic carbocycles. The molecule has 0 aliphatic rings. The molecule has 7 heteroatoms. The monoisotopic (exact) mass is 279 g/mol. The second kappa shape index (κ2) is 5.20. The highest BCUT2D eigenvalue weighted by Crippen LogP contribution is 2.24. The van der Waals surface area contributed by atoms with Crippen molar-refractivity contribution in [2.75, 3.05) is 6.26 Å². The minimum Gasteiger partial charge on any atom is -0.300 e. The summed E-state index contributed by atoms with van der Waals surface area (Å²) in [5.74, 6) is -1.42. The average Bonchev–Trinajstić information content (AvgIpc) is 2.40. The second-order valence-electron chi connectivity index (χ2n) is 3.53. The number of hydrogen-bond donors (Lipinski definition) is 1. The van der Waals surface area contributed by atoms with Crippen LogP contribution in [0.5, 0.6) is 0 Å². The van der Waals surface area contributed by atoms with Crippen LogP contribution in [0.2, 0.25) is 0 Å². The fraction of sp³-hybridized carbons (Fsp3) is 0.0833. The van der Waals surface area contributed by atoms with Crippen LogP contribution in [-0.4, -0.2) is 16.2 Å². The maximum absolute atomic E-state index is 13.7. The second-order valence-corrected chi connectivity index (χ2v) is 4.33. The minimum absolute atomic E-state index is 0.160. The van der Waals surface area contributed by atoms with Gasteiger partial charge in [-0.15, -0.1) is 0 Å². The molecule has 0 radical (unpaired) electrons.